The molecule has 0 saturated carbocycles. The minimum Gasteiger partial charge on any atom is -0.365 e. The third kappa shape index (κ3) is 5.74. The van der Waals surface area contributed by atoms with E-state index in [1.54, 1.807) is 6.92 Å². The maximum absolute atomic E-state index is 14.7. The molecule has 8 nitrogen and oxygen atoms in total. The first-order valence-corrected chi connectivity index (χ1v) is 10.7. The van der Waals surface area contributed by atoms with Crippen molar-refractivity contribution in [2.45, 2.75) is 52.2 Å². The summed E-state index contributed by atoms with van der Waals surface area (Å²) in [6.45, 7) is 5.03. The second-order valence-electron chi connectivity index (χ2n) is 8.54. The predicted octanol–water partition coefficient (Wildman–Crippen LogP) is 3.99. The van der Waals surface area contributed by atoms with E-state index in [1.165, 1.54) is 18.2 Å². The van der Waals surface area contributed by atoms with Crippen LogP contribution in [-0.2, 0) is 6.54 Å². The first-order chi connectivity index (χ1) is 16.0. The van der Waals surface area contributed by atoms with Gasteiger partial charge in [-0.3, -0.25) is 9.48 Å². The Kier molecular flexibility index (Phi) is 7.60. The highest BCUT2D eigenvalue weighted by Crippen LogP contribution is 2.28. The summed E-state index contributed by atoms with van der Waals surface area (Å²) in [7, 11) is 0. The average Bonchev–Trinajstić information content (AvgIpc) is 3.03. The number of carbonyl (C=O) groups is 1. The zero-order valence-corrected chi connectivity index (χ0v) is 18.9. The Bertz CT molecular complexity index is 1180. The maximum Gasteiger partial charge on any atom is 0.257 e. The Balaban J connectivity index is 1.98. The van der Waals surface area contributed by atoms with Crippen molar-refractivity contribution in [2.75, 3.05) is 10.6 Å². The number of hydrogen-bond donors (Lipinski definition) is 4. The minimum atomic E-state index is -2.71. The van der Waals surface area contributed by atoms with Crippen LogP contribution in [-0.4, -0.2) is 39.2 Å². The van der Waals surface area contributed by atoms with Gasteiger partial charge in [-0.1, -0.05) is 13.8 Å². The summed E-state index contributed by atoms with van der Waals surface area (Å²) in [4.78, 5) is 16.1. The fourth-order valence-corrected chi connectivity index (χ4v) is 3.59. The molecule has 34 heavy (non-hydrogen) atoms. The zero-order chi connectivity index (χ0) is 25.2. The lowest BCUT2D eigenvalue weighted by Gasteiger charge is -2.25. The molecule has 0 bridgehead atoms. The number of pyridine rings is 1. The monoisotopic (exact) mass is 481 g/mol. The molecule has 0 saturated heterocycles. The highest BCUT2D eigenvalue weighted by atomic mass is 19.3. The van der Waals surface area contributed by atoms with E-state index in [9.17, 15) is 22.4 Å². The number of nitrogens with two attached hydrogens (primary N) is 2. The van der Waals surface area contributed by atoms with Crippen LogP contribution >= 0.6 is 0 Å². The number of nitrogens with one attached hydrogen (secondary N) is 2. The highest BCUT2D eigenvalue weighted by molar-refractivity contribution is 5.99. The van der Waals surface area contributed by atoms with E-state index in [4.69, 9.17) is 11.5 Å². The van der Waals surface area contributed by atoms with E-state index in [1.807, 2.05) is 13.8 Å². The summed E-state index contributed by atoms with van der Waals surface area (Å²) in [5.41, 5.74) is 11.6. The van der Waals surface area contributed by atoms with Crippen LogP contribution in [0.3, 0.4) is 0 Å². The number of fused-ring (bicyclic) bond motifs is 1. The molecule has 12 heteroatoms. The molecule has 1 amide bonds. The Hall–Kier alpha value is -3.41. The fourth-order valence-electron chi connectivity index (χ4n) is 3.59. The maximum atomic E-state index is 14.7. The smallest absolute Gasteiger partial charge is 0.257 e. The van der Waals surface area contributed by atoms with Gasteiger partial charge in [-0.05, 0) is 43.5 Å². The van der Waals surface area contributed by atoms with E-state index < -0.39 is 30.6 Å². The Morgan fingerprint density at radius 2 is 1.85 bits per heavy atom. The number of benzene rings is 1. The SMILES string of the molecule is CC(C)C[C@@H](Nc1nc(Nc2ccc3c(c2)c(F)nn3CC(F)F)c(C(N)=O)cc1F)[C@H](C)N. The molecule has 0 fully saturated rings. The number of halogens is 4. The highest BCUT2D eigenvalue weighted by Gasteiger charge is 2.22. The molecule has 6 N–H and O–H groups in total. The molecule has 184 valence electrons. The van der Waals surface area contributed by atoms with Crippen LogP contribution in [0.25, 0.3) is 10.9 Å². The van der Waals surface area contributed by atoms with Crippen LogP contribution in [0.1, 0.15) is 37.6 Å². The van der Waals surface area contributed by atoms with Gasteiger partial charge in [0.25, 0.3) is 12.3 Å². The number of carbonyl (C=O) groups excluding carboxylic acids is 1. The van der Waals surface area contributed by atoms with Gasteiger partial charge in [0.2, 0.25) is 5.95 Å². The number of rotatable bonds is 10. The number of anilines is 3. The number of alkyl halides is 2. The molecule has 0 unspecified atom stereocenters. The van der Waals surface area contributed by atoms with Crippen molar-refractivity contribution < 1.29 is 22.4 Å². The molecule has 0 aliphatic rings. The van der Waals surface area contributed by atoms with Crippen molar-refractivity contribution in [3.63, 3.8) is 0 Å². The lowest BCUT2D eigenvalue weighted by Crippen LogP contribution is -2.39. The topological polar surface area (TPSA) is 124 Å². The quantitative estimate of drug-likeness (QED) is 0.325. The Labute approximate surface area is 193 Å². The van der Waals surface area contributed by atoms with Crippen molar-refractivity contribution in [1.29, 1.82) is 0 Å². The summed E-state index contributed by atoms with van der Waals surface area (Å²) >= 11 is 0. The van der Waals surface area contributed by atoms with Gasteiger partial charge in [-0.25, -0.2) is 18.2 Å². The van der Waals surface area contributed by atoms with Crippen molar-refractivity contribution in [3.05, 3.63) is 41.6 Å². The van der Waals surface area contributed by atoms with Crippen molar-refractivity contribution in [2.24, 2.45) is 17.4 Å². The van der Waals surface area contributed by atoms with Crippen molar-refractivity contribution >= 4 is 34.1 Å². The lowest BCUT2D eigenvalue weighted by atomic mass is 9.99. The van der Waals surface area contributed by atoms with Gasteiger partial charge in [-0.2, -0.15) is 4.39 Å². The van der Waals surface area contributed by atoms with E-state index in [-0.39, 0.29) is 51.8 Å². The molecule has 0 aliphatic carbocycles. The number of hydrogen-bond acceptors (Lipinski definition) is 6. The second-order valence-corrected chi connectivity index (χ2v) is 8.54. The number of primary amides is 1. The minimum absolute atomic E-state index is 0.0133. The van der Waals surface area contributed by atoms with Crippen LogP contribution < -0.4 is 22.1 Å². The second kappa shape index (κ2) is 10.2. The van der Waals surface area contributed by atoms with Crippen LogP contribution in [0.15, 0.2) is 24.3 Å². The van der Waals surface area contributed by atoms with Crippen LogP contribution in [0.5, 0.6) is 0 Å². The molecular weight excluding hydrogens is 454 g/mol. The van der Waals surface area contributed by atoms with E-state index in [0.717, 1.165) is 10.7 Å². The van der Waals surface area contributed by atoms with Gasteiger partial charge in [0.1, 0.15) is 12.4 Å². The van der Waals surface area contributed by atoms with Crippen LogP contribution in [0.2, 0.25) is 0 Å². The molecule has 2 heterocycles. The Morgan fingerprint density at radius 1 is 1.15 bits per heavy atom. The van der Waals surface area contributed by atoms with Gasteiger partial charge >= 0.3 is 0 Å². The first kappa shape index (κ1) is 25.2. The number of nitrogens with zero attached hydrogens (tertiary/aromatic N) is 3. The summed E-state index contributed by atoms with van der Waals surface area (Å²) in [5.74, 6) is -2.57. The van der Waals surface area contributed by atoms with Gasteiger partial charge in [-0.15, -0.1) is 5.10 Å². The molecule has 2 aromatic heterocycles. The van der Waals surface area contributed by atoms with E-state index in [0.29, 0.717) is 6.42 Å². The van der Waals surface area contributed by atoms with Crippen LogP contribution in [0.4, 0.5) is 34.9 Å². The normalized spacial score (nSPS) is 13.5. The molecular formula is C22H27F4N7O. The molecule has 0 aliphatic heterocycles. The predicted molar refractivity (Wildman–Crippen MR) is 122 cm³/mol. The molecule has 1 aromatic carbocycles. The van der Waals surface area contributed by atoms with Crippen LogP contribution in [0, 0.1) is 17.7 Å². The van der Waals surface area contributed by atoms with Gasteiger partial charge in [0, 0.05) is 17.8 Å². The summed E-state index contributed by atoms with van der Waals surface area (Å²) < 4.78 is 55.3. The van der Waals surface area contributed by atoms with Gasteiger partial charge in [0.05, 0.1) is 16.5 Å². The van der Waals surface area contributed by atoms with E-state index in [2.05, 4.69) is 20.7 Å². The first-order valence-electron chi connectivity index (χ1n) is 10.7. The summed E-state index contributed by atoms with van der Waals surface area (Å²) in [6.07, 6.45) is -2.05. The average molecular weight is 481 g/mol. The van der Waals surface area contributed by atoms with Gasteiger partial charge in [0.15, 0.2) is 11.6 Å². The fraction of sp³-hybridized carbons (Fsp3) is 0.409. The van der Waals surface area contributed by atoms with Crippen molar-refractivity contribution in [3.8, 4) is 0 Å². The Morgan fingerprint density at radius 3 is 2.44 bits per heavy atom. The molecule has 3 rings (SSSR count). The number of amides is 1. The third-order valence-electron chi connectivity index (χ3n) is 5.20. The van der Waals surface area contributed by atoms with E-state index >= 15 is 0 Å². The lowest BCUT2D eigenvalue weighted by molar-refractivity contribution is 0.1000. The number of aromatic nitrogens is 3. The largest absolute Gasteiger partial charge is 0.365 e. The molecule has 0 radical (unpaired) electrons. The standard InChI is InChI=1S/C22H27F4N7O/c1-10(2)6-16(11(3)27)30-22-15(23)8-14(20(28)34)21(31-22)29-12-4-5-17-13(7-12)19(26)32-33(17)9-18(24)25/h4-5,7-8,10-11,16,18H,6,9,27H2,1-3H3,(H2,28,34)(H2,29,30,31)/t11-,16+/m0/s1. The zero-order valence-electron chi connectivity index (χ0n) is 18.9. The third-order valence-corrected chi connectivity index (χ3v) is 5.20. The van der Waals surface area contributed by atoms with Gasteiger partial charge < -0.3 is 22.1 Å². The summed E-state index contributed by atoms with van der Waals surface area (Å²) in [6, 6.07) is 4.54. The molecule has 3 aromatic rings. The molecule has 2 atom stereocenters. The van der Waals surface area contributed by atoms with Crippen molar-refractivity contribution in [1.82, 2.24) is 14.8 Å². The molecule has 0 spiro atoms. The summed E-state index contributed by atoms with van der Waals surface area (Å²) in [5, 5.41) is 9.31.